The summed E-state index contributed by atoms with van der Waals surface area (Å²) in [4.78, 5) is 9.81. The van der Waals surface area contributed by atoms with Gasteiger partial charge in [-0.1, -0.05) is 23.2 Å². The highest BCUT2D eigenvalue weighted by Crippen LogP contribution is 2.38. The summed E-state index contributed by atoms with van der Waals surface area (Å²) >= 11 is 11.9. The summed E-state index contributed by atoms with van der Waals surface area (Å²) in [6.45, 7) is 0. The van der Waals surface area contributed by atoms with E-state index < -0.39 is 25.0 Å². The van der Waals surface area contributed by atoms with Gasteiger partial charge in [-0.2, -0.15) is 0 Å². The predicted octanol–water partition coefficient (Wildman–Crippen LogP) is 2.32. The zero-order valence-corrected chi connectivity index (χ0v) is 12.8. The first-order valence-electron chi connectivity index (χ1n) is 5.68. The molecule has 0 amide bonds. The van der Waals surface area contributed by atoms with Crippen LogP contribution in [0.3, 0.4) is 0 Å². The Morgan fingerprint density at radius 3 is 2.33 bits per heavy atom. The lowest BCUT2D eigenvalue weighted by Crippen LogP contribution is -2.48. The van der Waals surface area contributed by atoms with E-state index in [-0.39, 0.29) is 15.6 Å². The van der Waals surface area contributed by atoms with Crippen LogP contribution in [0, 0.1) is 10.1 Å². The third kappa shape index (κ3) is 2.69. The van der Waals surface area contributed by atoms with Gasteiger partial charge in [0.1, 0.15) is 0 Å². The molecular formula is C12H10Cl2N2O4S. The lowest BCUT2D eigenvalue weighted by Gasteiger charge is -2.30. The highest BCUT2D eigenvalue weighted by Gasteiger charge is 2.46. The first kappa shape index (κ1) is 16.0. The van der Waals surface area contributed by atoms with Crippen LogP contribution in [0.4, 0.5) is 5.69 Å². The Bertz CT molecular complexity index is 743. The summed E-state index contributed by atoms with van der Waals surface area (Å²) in [7, 11) is -4.05. The van der Waals surface area contributed by atoms with Crippen molar-refractivity contribution in [2.75, 3.05) is 0 Å². The molecule has 0 spiro atoms. The number of halogens is 2. The van der Waals surface area contributed by atoms with Gasteiger partial charge >= 0.3 is 0 Å². The molecule has 0 radical (unpaired) electrons. The van der Waals surface area contributed by atoms with Gasteiger partial charge in [0.05, 0.1) is 15.9 Å². The maximum atomic E-state index is 12.6. The third-order valence-electron chi connectivity index (χ3n) is 3.03. The van der Waals surface area contributed by atoms with Crippen molar-refractivity contribution in [2.45, 2.75) is 15.1 Å². The second-order valence-electron chi connectivity index (χ2n) is 4.36. The molecule has 21 heavy (non-hydrogen) atoms. The van der Waals surface area contributed by atoms with Crippen LogP contribution >= 0.6 is 23.2 Å². The third-order valence-corrected chi connectivity index (χ3v) is 6.40. The molecule has 1 aliphatic rings. The zero-order chi connectivity index (χ0) is 15.8. The summed E-state index contributed by atoms with van der Waals surface area (Å²) in [6, 6.07) is 3.38. The van der Waals surface area contributed by atoms with Crippen molar-refractivity contribution in [1.29, 1.82) is 0 Å². The quantitative estimate of drug-likeness (QED) is 0.512. The summed E-state index contributed by atoms with van der Waals surface area (Å²) in [5, 5.41) is 10.9. The van der Waals surface area contributed by atoms with Crippen LogP contribution in [0.15, 0.2) is 52.4 Å². The van der Waals surface area contributed by atoms with E-state index in [1.54, 1.807) is 0 Å². The lowest BCUT2D eigenvalue weighted by molar-refractivity contribution is -0.384. The molecule has 112 valence electrons. The van der Waals surface area contributed by atoms with E-state index in [1.807, 2.05) is 0 Å². The Labute approximate surface area is 130 Å². The summed E-state index contributed by atoms with van der Waals surface area (Å²) in [6.07, 6.45) is 3.89. The molecule has 2 N–H and O–H groups in total. The van der Waals surface area contributed by atoms with Gasteiger partial charge in [-0.25, -0.2) is 8.42 Å². The monoisotopic (exact) mass is 348 g/mol. The first-order valence-corrected chi connectivity index (χ1v) is 7.92. The first-order chi connectivity index (χ1) is 9.68. The molecule has 0 aliphatic heterocycles. The number of nitro groups is 1. The Balaban J connectivity index is 2.47. The molecule has 9 heteroatoms. The number of hydrogen-bond acceptors (Lipinski definition) is 5. The van der Waals surface area contributed by atoms with Crippen LogP contribution in [-0.2, 0) is 9.84 Å². The molecule has 0 fully saturated rings. The van der Waals surface area contributed by atoms with Gasteiger partial charge in [-0.05, 0) is 30.4 Å². The average molecular weight is 349 g/mol. The Morgan fingerprint density at radius 1 is 1.29 bits per heavy atom. The Hall–Kier alpha value is -1.41. The van der Waals surface area contributed by atoms with Gasteiger partial charge in [-0.3, -0.25) is 10.1 Å². The minimum atomic E-state index is -4.05. The maximum absolute atomic E-state index is 12.6. The second kappa shape index (κ2) is 5.42. The van der Waals surface area contributed by atoms with E-state index in [1.165, 1.54) is 18.2 Å². The number of nitrogens with two attached hydrogens (primary N) is 1. The largest absolute Gasteiger partial charge is 0.322 e. The molecule has 1 aliphatic carbocycles. The molecule has 2 unspecified atom stereocenters. The van der Waals surface area contributed by atoms with Crippen LogP contribution in [0.1, 0.15) is 0 Å². The second-order valence-corrected chi connectivity index (χ2v) is 7.80. The number of nitro benzene ring substituents is 1. The van der Waals surface area contributed by atoms with Gasteiger partial charge in [0.25, 0.3) is 5.69 Å². The van der Waals surface area contributed by atoms with Crippen LogP contribution in [0.25, 0.3) is 0 Å². The van der Waals surface area contributed by atoms with E-state index in [0.29, 0.717) is 0 Å². The summed E-state index contributed by atoms with van der Waals surface area (Å²) in [5.41, 5.74) is 5.56. The highest BCUT2D eigenvalue weighted by atomic mass is 35.5. The number of hydrogen-bond donors (Lipinski definition) is 1. The van der Waals surface area contributed by atoms with E-state index in [4.69, 9.17) is 28.9 Å². The molecule has 1 aromatic rings. The van der Waals surface area contributed by atoms with E-state index in [9.17, 15) is 18.5 Å². The number of benzene rings is 1. The van der Waals surface area contributed by atoms with Crippen molar-refractivity contribution in [3.05, 3.63) is 57.6 Å². The van der Waals surface area contributed by atoms with Crippen molar-refractivity contribution in [2.24, 2.45) is 5.73 Å². The fourth-order valence-electron chi connectivity index (χ4n) is 1.84. The normalized spacial score (nSPS) is 25.5. The van der Waals surface area contributed by atoms with Gasteiger partial charge < -0.3 is 5.73 Å². The van der Waals surface area contributed by atoms with Gasteiger partial charge in [0.15, 0.2) is 4.21 Å². The predicted molar refractivity (Wildman–Crippen MR) is 79.9 cm³/mol. The number of nitrogens with zero attached hydrogens (tertiary/aromatic N) is 1. The molecule has 2 atom stereocenters. The van der Waals surface area contributed by atoms with Crippen molar-refractivity contribution < 1.29 is 13.3 Å². The van der Waals surface area contributed by atoms with Crippen LogP contribution in [0.5, 0.6) is 0 Å². The molecule has 1 aromatic carbocycles. The van der Waals surface area contributed by atoms with Crippen LogP contribution < -0.4 is 5.73 Å². The van der Waals surface area contributed by atoms with E-state index in [0.717, 1.165) is 24.3 Å². The molecule has 0 aromatic heterocycles. The zero-order valence-electron chi connectivity index (χ0n) is 10.4. The number of allylic oxidation sites excluding steroid dienone is 2. The summed E-state index contributed by atoms with van der Waals surface area (Å²) < 4.78 is 23.3. The minimum absolute atomic E-state index is 0.158. The number of sulfone groups is 1. The van der Waals surface area contributed by atoms with Crippen molar-refractivity contribution in [3.63, 3.8) is 0 Å². The van der Waals surface area contributed by atoms with Crippen molar-refractivity contribution in [1.82, 2.24) is 0 Å². The van der Waals surface area contributed by atoms with Crippen molar-refractivity contribution in [3.8, 4) is 0 Å². The average Bonchev–Trinajstić information content (AvgIpc) is 2.43. The molecule has 6 nitrogen and oxygen atoms in total. The number of rotatable bonds is 3. The smallest absolute Gasteiger partial charge is 0.269 e. The minimum Gasteiger partial charge on any atom is -0.322 e. The topological polar surface area (TPSA) is 103 Å². The highest BCUT2D eigenvalue weighted by molar-refractivity contribution is 7.94. The molecule has 0 heterocycles. The van der Waals surface area contributed by atoms with Gasteiger partial charge in [0.2, 0.25) is 9.84 Å². The van der Waals surface area contributed by atoms with Crippen LogP contribution in [0.2, 0.25) is 0 Å². The fourth-order valence-corrected chi connectivity index (χ4v) is 3.96. The fraction of sp³-hybridized carbons (Fsp3) is 0.167. The van der Waals surface area contributed by atoms with E-state index in [2.05, 4.69) is 0 Å². The molecule has 0 saturated heterocycles. The molecular weight excluding hydrogens is 339 g/mol. The van der Waals surface area contributed by atoms with Crippen molar-refractivity contribution >= 4 is 38.7 Å². The van der Waals surface area contributed by atoms with E-state index >= 15 is 0 Å². The molecule has 0 bridgehead atoms. The van der Waals surface area contributed by atoms with Gasteiger partial charge in [-0.15, -0.1) is 0 Å². The maximum Gasteiger partial charge on any atom is 0.269 e. The van der Waals surface area contributed by atoms with Crippen LogP contribution in [-0.4, -0.2) is 23.6 Å². The Morgan fingerprint density at radius 2 is 1.86 bits per heavy atom. The Kier molecular flexibility index (Phi) is 4.12. The molecule has 0 saturated carbocycles. The number of non-ortho nitro benzene ring substituents is 1. The number of alkyl halides is 1. The van der Waals surface area contributed by atoms with Gasteiger partial charge in [0, 0.05) is 17.2 Å². The lowest BCUT2D eigenvalue weighted by atomic mass is 10.1. The standard InChI is InChI=1S/C12H10Cl2N2O4S/c13-8-5-6-12(14,11(15)7-8)21(19,20)10-3-1-9(2-4-10)16(17)18/h1-7,11H,15H2. The molecule has 2 rings (SSSR count). The SMILES string of the molecule is NC1C=C(Cl)C=CC1(Cl)S(=O)(=O)c1ccc([N+](=O)[O-])cc1. The summed E-state index contributed by atoms with van der Waals surface area (Å²) in [5.74, 6) is 0.